The maximum atomic E-state index is 12.3. The molecule has 134 valence electrons. The second-order valence-corrected chi connectivity index (χ2v) is 6.42. The standard InChI is InChI=1S/C21H23N3O2/c1-15-14-24(16(2)18-11-7-4-8-12-18)23-20(15)22-21(26)19(25)13-17-9-5-3-6-10-17/h3-12,14,16,19,25H,13H2,1-2H3,(H,22,23,26)/t16?,19-/m0/s1. The number of aryl methyl sites for hydroxylation is 1. The highest BCUT2D eigenvalue weighted by atomic mass is 16.3. The zero-order valence-electron chi connectivity index (χ0n) is 15.0. The lowest BCUT2D eigenvalue weighted by Crippen LogP contribution is -2.30. The monoisotopic (exact) mass is 349 g/mol. The number of amides is 1. The molecule has 0 fully saturated rings. The highest BCUT2D eigenvalue weighted by Gasteiger charge is 2.19. The van der Waals surface area contributed by atoms with Crippen LogP contribution in [-0.4, -0.2) is 26.9 Å². The zero-order valence-corrected chi connectivity index (χ0v) is 15.0. The Morgan fingerprint density at radius 2 is 1.73 bits per heavy atom. The molecule has 26 heavy (non-hydrogen) atoms. The molecule has 1 heterocycles. The molecule has 0 aliphatic heterocycles. The van der Waals surface area contributed by atoms with Crippen molar-refractivity contribution in [2.24, 2.45) is 0 Å². The van der Waals surface area contributed by atoms with E-state index in [1.54, 1.807) is 0 Å². The largest absolute Gasteiger partial charge is 0.383 e. The van der Waals surface area contributed by atoms with Crippen molar-refractivity contribution in [2.75, 3.05) is 5.32 Å². The van der Waals surface area contributed by atoms with Gasteiger partial charge < -0.3 is 10.4 Å². The second-order valence-electron chi connectivity index (χ2n) is 6.42. The molecule has 3 aromatic rings. The van der Waals surface area contributed by atoms with Gasteiger partial charge in [-0.1, -0.05) is 60.7 Å². The van der Waals surface area contributed by atoms with Gasteiger partial charge in [0.25, 0.3) is 5.91 Å². The molecule has 1 aromatic heterocycles. The highest BCUT2D eigenvalue weighted by molar-refractivity contribution is 5.93. The number of hydrogen-bond donors (Lipinski definition) is 2. The Bertz CT molecular complexity index is 859. The molecule has 0 saturated heterocycles. The van der Waals surface area contributed by atoms with Crippen LogP contribution in [0.3, 0.4) is 0 Å². The molecule has 2 N–H and O–H groups in total. The maximum absolute atomic E-state index is 12.3. The lowest BCUT2D eigenvalue weighted by atomic mass is 10.1. The van der Waals surface area contributed by atoms with Gasteiger partial charge in [0.1, 0.15) is 6.10 Å². The summed E-state index contributed by atoms with van der Waals surface area (Å²) in [6, 6.07) is 19.5. The van der Waals surface area contributed by atoms with Crippen molar-refractivity contribution in [3.05, 3.63) is 83.6 Å². The molecule has 0 spiro atoms. The van der Waals surface area contributed by atoms with Gasteiger partial charge in [0.05, 0.1) is 6.04 Å². The maximum Gasteiger partial charge on any atom is 0.254 e. The highest BCUT2D eigenvalue weighted by Crippen LogP contribution is 2.21. The Balaban J connectivity index is 1.68. The van der Waals surface area contributed by atoms with Crippen LogP contribution in [0.2, 0.25) is 0 Å². The average molecular weight is 349 g/mol. The summed E-state index contributed by atoms with van der Waals surface area (Å²) in [5, 5.41) is 17.4. The van der Waals surface area contributed by atoms with Crippen molar-refractivity contribution in [1.29, 1.82) is 0 Å². The predicted octanol–water partition coefficient (Wildman–Crippen LogP) is 3.34. The first-order chi connectivity index (χ1) is 12.5. The number of carbonyl (C=O) groups excluding carboxylic acids is 1. The molecular weight excluding hydrogens is 326 g/mol. The van der Waals surface area contributed by atoms with Crippen molar-refractivity contribution in [3.8, 4) is 0 Å². The van der Waals surface area contributed by atoms with Crippen molar-refractivity contribution >= 4 is 11.7 Å². The quantitative estimate of drug-likeness (QED) is 0.717. The molecule has 5 nitrogen and oxygen atoms in total. The van der Waals surface area contributed by atoms with Gasteiger partial charge in [0, 0.05) is 18.2 Å². The number of anilines is 1. The fourth-order valence-corrected chi connectivity index (χ4v) is 2.82. The number of aromatic nitrogens is 2. The first-order valence-corrected chi connectivity index (χ1v) is 8.68. The zero-order chi connectivity index (χ0) is 18.5. The van der Waals surface area contributed by atoms with Crippen LogP contribution in [0.15, 0.2) is 66.9 Å². The number of carbonyl (C=O) groups is 1. The molecule has 5 heteroatoms. The molecule has 1 unspecified atom stereocenters. The fourth-order valence-electron chi connectivity index (χ4n) is 2.82. The minimum Gasteiger partial charge on any atom is -0.383 e. The number of aliphatic hydroxyl groups excluding tert-OH is 1. The normalized spacial score (nSPS) is 13.2. The molecule has 2 aromatic carbocycles. The first kappa shape index (κ1) is 17.9. The Labute approximate surface area is 153 Å². The minimum absolute atomic E-state index is 0.0507. The third kappa shape index (κ3) is 4.18. The number of hydrogen-bond acceptors (Lipinski definition) is 3. The summed E-state index contributed by atoms with van der Waals surface area (Å²) in [5.74, 6) is 0.0273. The van der Waals surface area contributed by atoms with Gasteiger partial charge in [0.15, 0.2) is 5.82 Å². The molecule has 2 atom stereocenters. The fraction of sp³-hybridized carbons (Fsp3) is 0.238. The Hall–Kier alpha value is -2.92. The van der Waals surface area contributed by atoms with E-state index in [0.717, 1.165) is 16.7 Å². The Morgan fingerprint density at radius 1 is 1.12 bits per heavy atom. The summed E-state index contributed by atoms with van der Waals surface area (Å²) >= 11 is 0. The smallest absolute Gasteiger partial charge is 0.254 e. The Morgan fingerprint density at radius 3 is 2.38 bits per heavy atom. The summed E-state index contributed by atoms with van der Waals surface area (Å²) in [6.45, 7) is 3.94. The van der Waals surface area contributed by atoms with Gasteiger partial charge in [-0.2, -0.15) is 5.10 Å². The van der Waals surface area contributed by atoms with Crippen LogP contribution in [0, 0.1) is 6.92 Å². The molecule has 1 amide bonds. The average Bonchev–Trinajstić information content (AvgIpc) is 3.03. The van der Waals surface area contributed by atoms with Crippen molar-refractivity contribution in [3.63, 3.8) is 0 Å². The van der Waals surface area contributed by atoms with E-state index in [9.17, 15) is 9.90 Å². The minimum atomic E-state index is -1.12. The molecule has 0 aliphatic carbocycles. The van der Waals surface area contributed by atoms with E-state index in [0.29, 0.717) is 5.82 Å². The van der Waals surface area contributed by atoms with Gasteiger partial charge in [-0.25, -0.2) is 0 Å². The molecule has 0 bridgehead atoms. The van der Waals surface area contributed by atoms with Crippen LogP contribution in [0.5, 0.6) is 0 Å². The molecule has 0 radical (unpaired) electrons. The van der Waals surface area contributed by atoms with Gasteiger partial charge in [-0.3, -0.25) is 9.48 Å². The van der Waals surface area contributed by atoms with E-state index in [4.69, 9.17) is 0 Å². The van der Waals surface area contributed by atoms with Gasteiger partial charge in [0.2, 0.25) is 0 Å². The third-order valence-electron chi connectivity index (χ3n) is 4.41. The first-order valence-electron chi connectivity index (χ1n) is 8.68. The lowest BCUT2D eigenvalue weighted by Gasteiger charge is -2.13. The summed E-state index contributed by atoms with van der Waals surface area (Å²) in [6.07, 6.45) is 1.05. The number of aliphatic hydroxyl groups is 1. The summed E-state index contributed by atoms with van der Waals surface area (Å²) in [4.78, 5) is 12.3. The van der Waals surface area contributed by atoms with Crippen molar-refractivity contribution in [2.45, 2.75) is 32.4 Å². The molecule has 0 aliphatic rings. The summed E-state index contributed by atoms with van der Waals surface area (Å²) < 4.78 is 1.82. The van der Waals surface area contributed by atoms with Gasteiger partial charge in [-0.05, 0) is 25.0 Å². The van der Waals surface area contributed by atoms with Crippen molar-refractivity contribution < 1.29 is 9.90 Å². The number of rotatable bonds is 6. The summed E-state index contributed by atoms with van der Waals surface area (Å²) in [5.41, 5.74) is 2.90. The van der Waals surface area contributed by atoms with Crippen LogP contribution >= 0.6 is 0 Å². The van der Waals surface area contributed by atoms with Crippen molar-refractivity contribution in [1.82, 2.24) is 9.78 Å². The lowest BCUT2D eigenvalue weighted by molar-refractivity contribution is -0.123. The van der Waals surface area contributed by atoms with E-state index in [-0.39, 0.29) is 12.5 Å². The van der Waals surface area contributed by atoms with Crippen LogP contribution in [0.25, 0.3) is 0 Å². The summed E-state index contributed by atoms with van der Waals surface area (Å²) in [7, 11) is 0. The SMILES string of the molecule is Cc1cn(C(C)c2ccccc2)nc1NC(=O)[C@@H](O)Cc1ccccc1. The van der Waals surface area contributed by atoms with Crippen LogP contribution < -0.4 is 5.32 Å². The number of nitrogens with zero attached hydrogens (tertiary/aromatic N) is 2. The van der Waals surface area contributed by atoms with E-state index >= 15 is 0 Å². The molecule has 3 rings (SSSR count). The number of benzene rings is 2. The predicted molar refractivity (Wildman–Crippen MR) is 102 cm³/mol. The van der Waals surface area contributed by atoms with E-state index in [2.05, 4.69) is 17.3 Å². The van der Waals surface area contributed by atoms with Crippen LogP contribution in [-0.2, 0) is 11.2 Å². The van der Waals surface area contributed by atoms with Crippen LogP contribution in [0.4, 0.5) is 5.82 Å². The van der Waals surface area contributed by atoms with E-state index in [1.807, 2.05) is 78.5 Å². The molecule has 0 saturated carbocycles. The molecular formula is C21H23N3O2. The van der Waals surface area contributed by atoms with Crippen LogP contribution in [0.1, 0.15) is 29.7 Å². The van der Waals surface area contributed by atoms with Gasteiger partial charge >= 0.3 is 0 Å². The van der Waals surface area contributed by atoms with E-state index in [1.165, 1.54) is 0 Å². The topological polar surface area (TPSA) is 67.2 Å². The third-order valence-corrected chi connectivity index (χ3v) is 4.41. The van der Waals surface area contributed by atoms with E-state index < -0.39 is 12.0 Å². The van der Waals surface area contributed by atoms with Gasteiger partial charge in [-0.15, -0.1) is 0 Å². The number of nitrogens with one attached hydrogen (secondary N) is 1. The second kappa shape index (κ2) is 7.97. The Kier molecular flexibility index (Phi) is 5.49.